The van der Waals surface area contributed by atoms with Crippen LogP contribution in [0.1, 0.15) is 18.5 Å². The number of ether oxygens (including phenoxy) is 1. The number of benzene rings is 2. The summed E-state index contributed by atoms with van der Waals surface area (Å²) in [4.78, 5) is 0. The van der Waals surface area contributed by atoms with E-state index in [0.717, 1.165) is 17.0 Å². The number of halogens is 2. The minimum Gasteiger partial charge on any atom is -0.457 e. The molecule has 24 heavy (non-hydrogen) atoms. The molecular weight excluding hydrogens is 347 g/mol. The van der Waals surface area contributed by atoms with Gasteiger partial charge in [-0.2, -0.15) is 0 Å². The quantitative estimate of drug-likeness (QED) is 0.717. The van der Waals surface area contributed by atoms with Crippen LogP contribution in [-0.4, -0.2) is 22.0 Å². The SMILES string of the molecule is CNC(C)c1cc(-n2ccnn2)ccc1Oc1ccc(Cl)c(Cl)c1. The number of aromatic nitrogens is 3. The first kappa shape index (κ1) is 16.8. The Balaban J connectivity index is 1.98. The molecule has 1 aromatic heterocycles. The lowest BCUT2D eigenvalue weighted by atomic mass is 10.1. The largest absolute Gasteiger partial charge is 0.457 e. The molecule has 0 amide bonds. The van der Waals surface area contributed by atoms with Crippen molar-refractivity contribution in [1.82, 2.24) is 20.3 Å². The highest BCUT2D eigenvalue weighted by atomic mass is 35.5. The summed E-state index contributed by atoms with van der Waals surface area (Å²) in [5.74, 6) is 1.36. The van der Waals surface area contributed by atoms with Crippen LogP contribution in [0.3, 0.4) is 0 Å². The molecule has 3 aromatic rings. The lowest BCUT2D eigenvalue weighted by Crippen LogP contribution is -2.14. The minimum absolute atomic E-state index is 0.0891. The van der Waals surface area contributed by atoms with E-state index in [4.69, 9.17) is 27.9 Å². The highest BCUT2D eigenvalue weighted by Crippen LogP contribution is 2.34. The zero-order chi connectivity index (χ0) is 17.1. The highest BCUT2D eigenvalue weighted by molar-refractivity contribution is 6.42. The molecule has 0 radical (unpaired) electrons. The molecule has 124 valence electrons. The number of hydrogen-bond acceptors (Lipinski definition) is 4. The molecule has 1 unspecified atom stereocenters. The molecule has 0 bridgehead atoms. The summed E-state index contributed by atoms with van der Waals surface area (Å²) < 4.78 is 7.72. The fourth-order valence-electron chi connectivity index (χ4n) is 2.28. The third-order valence-electron chi connectivity index (χ3n) is 3.70. The standard InChI is InChI=1S/C17H16Cl2N4O/c1-11(20-2)14-9-12(23-8-7-21-22-23)3-6-17(14)24-13-4-5-15(18)16(19)10-13/h3-11,20H,1-2H3. The minimum atomic E-state index is 0.0891. The van der Waals surface area contributed by atoms with Gasteiger partial charge in [0.1, 0.15) is 11.5 Å². The van der Waals surface area contributed by atoms with E-state index in [9.17, 15) is 0 Å². The van der Waals surface area contributed by atoms with Crippen LogP contribution in [0.4, 0.5) is 0 Å². The summed E-state index contributed by atoms with van der Waals surface area (Å²) in [5.41, 5.74) is 1.91. The summed E-state index contributed by atoms with van der Waals surface area (Å²) >= 11 is 12.0. The predicted octanol–water partition coefficient (Wildman–Crippen LogP) is 4.65. The highest BCUT2D eigenvalue weighted by Gasteiger charge is 2.14. The van der Waals surface area contributed by atoms with E-state index < -0.39 is 0 Å². The summed E-state index contributed by atoms with van der Waals surface area (Å²) in [5, 5.41) is 12.0. The van der Waals surface area contributed by atoms with E-state index >= 15 is 0 Å². The monoisotopic (exact) mass is 362 g/mol. The number of nitrogens with one attached hydrogen (secondary N) is 1. The molecule has 1 heterocycles. The Morgan fingerprint density at radius 1 is 1.12 bits per heavy atom. The predicted molar refractivity (Wildman–Crippen MR) is 95.4 cm³/mol. The lowest BCUT2D eigenvalue weighted by Gasteiger charge is -2.18. The number of rotatable bonds is 5. The Morgan fingerprint density at radius 2 is 1.96 bits per heavy atom. The maximum Gasteiger partial charge on any atom is 0.132 e. The van der Waals surface area contributed by atoms with Crippen LogP contribution in [0.5, 0.6) is 11.5 Å². The van der Waals surface area contributed by atoms with E-state index in [2.05, 4.69) is 22.6 Å². The second-order valence-electron chi connectivity index (χ2n) is 5.26. The molecule has 5 nitrogen and oxygen atoms in total. The molecule has 0 spiro atoms. The van der Waals surface area contributed by atoms with Gasteiger partial charge in [-0.15, -0.1) is 5.10 Å². The molecule has 0 aliphatic carbocycles. The van der Waals surface area contributed by atoms with Gasteiger partial charge in [-0.1, -0.05) is 28.4 Å². The van der Waals surface area contributed by atoms with Crippen LogP contribution < -0.4 is 10.1 Å². The van der Waals surface area contributed by atoms with Crippen molar-refractivity contribution in [1.29, 1.82) is 0 Å². The van der Waals surface area contributed by atoms with E-state index in [1.54, 1.807) is 35.3 Å². The first-order valence-corrected chi connectivity index (χ1v) is 8.15. The molecule has 0 saturated heterocycles. The molecule has 0 aliphatic rings. The van der Waals surface area contributed by atoms with Crippen molar-refractivity contribution in [2.75, 3.05) is 7.05 Å². The summed E-state index contributed by atoms with van der Waals surface area (Å²) in [6.45, 7) is 2.06. The Hall–Kier alpha value is -2.08. The average Bonchev–Trinajstić information content (AvgIpc) is 3.12. The fraction of sp³-hybridized carbons (Fsp3) is 0.176. The van der Waals surface area contributed by atoms with Gasteiger partial charge in [0, 0.05) is 17.7 Å². The first-order valence-electron chi connectivity index (χ1n) is 7.39. The third kappa shape index (κ3) is 3.53. The number of hydrogen-bond donors (Lipinski definition) is 1. The van der Waals surface area contributed by atoms with Crippen LogP contribution in [0.2, 0.25) is 10.0 Å². The Morgan fingerprint density at radius 3 is 2.62 bits per heavy atom. The van der Waals surface area contributed by atoms with Crippen LogP contribution in [0.25, 0.3) is 5.69 Å². The van der Waals surface area contributed by atoms with Gasteiger partial charge in [-0.25, -0.2) is 4.68 Å². The second kappa shape index (κ2) is 7.21. The summed E-state index contributed by atoms with van der Waals surface area (Å²) in [6.07, 6.45) is 3.43. The van der Waals surface area contributed by atoms with Crippen molar-refractivity contribution in [3.63, 3.8) is 0 Å². The van der Waals surface area contributed by atoms with Crippen LogP contribution in [0.15, 0.2) is 48.8 Å². The van der Waals surface area contributed by atoms with Crippen LogP contribution in [0, 0.1) is 0 Å². The van der Waals surface area contributed by atoms with Gasteiger partial charge in [-0.05, 0) is 44.3 Å². The molecular formula is C17H16Cl2N4O. The first-order chi connectivity index (χ1) is 11.6. The molecule has 1 atom stereocenters. The molecule has 3 rings (SSSR count). The molecule has 1 N–H and O–H groups in total. The Labute approximate surface area is 150 Å². The maximum atomic E-state index is 6.06. The van der Waals surface area contributed by atoms with Crippen LogP contribution in [-0.2, 0) is 0 Å². The van der Waals surface area contributed by atoms with Gasteiger partial charge >= 0.3 is 0 Å². The van der Waals surface area contributed by atoms with Crippen molar-refractivity contribution in [3.05, 3.63) is 64.4 Å². The van der Waals surface area contributed by atoms with Gasteiger partial charge in [-0.3, -0.25) is 0 Å². The van der Waals surface area contributed by atoms with E-state index in [0.29, 0.717) is 15.8 Å². The molecule has 2 aromatic carbocycles. The van der Waals surface area contributed by atoms with Crippen molar-refractivity contribution < 1.29 is 4.74 Å². The fourth-order valence-corrected chi connectivity index (χ4v) is 2.57. The molecule has 0 aliphatic heterocycles. The average molecular weight is 363 g/mol. The second-order valence-corrected chi connectivity index (χ2v) is 6.07. The Kier molecular flexibility index (Phi) is 5.04. The zero-order valence-electron chi connectivity index (χ0n) is 13.2. The molecule has 7 heteroatoms. The van der Waals surface area contributed by atoms with Crippen LogP contribution >= 0.6 is 23.2 Å². The topological polar surface area (TPSA) is 52.0 Å². The van der Waals surface area contributed by atoms with E-state index in [-0.39, 0.29) is 6.04 Å². The van der Waals surface area contributed by atoms with Crippen molar-refractivity contribution in [3.8, 4) is 17.2 Å². The lowest BCUT2D eigenvalue weighted by molar-refractivity contribution is 0.466. The van der Waals surface area contributed by atoms with Crippen molar-refractivity contribution >= 4 is 23.2 Å². The smallest absolute Gasteiger partial charge is 0.132 e. The summed E-state index contributed by atoms with van der Waals surface area (Å²) in [7, 11) is 1.90. The molecule has 0 saturated carbocycles. The van der Waals surface area contributed by atoms with Gasteiger partial charge in [0.25, 0.3) is 0 Å². The van der Waals surface area contributed by atoms with Gasteiger partial charge in [0.2, 0.25) is 0 Å². The van der Waals surface area contributed by atoms with E-state index in [1.165, 1.54) is 0 Å². The summed E-state index contributed by atoms with van der Waals surface area (Å²) in [6, 6.07) is 11.1. The zero-order valence-corrected chi connectivity index (χ0v) is 14.7. The van der Waals surface area contributed by atoms with Gasteiger partial charge < -0.3 is 10.1 Å². The van der Waals surface area contributed by atoms with E-state index in [1.807, 2.05) is 25.2 Å². The van der Waals surface area contributed by atoms with Gasteiger partial charge in [0.15, 0.2) is 0 Å². The van der Waals surface area contributed by atoms with Crippen molar-refractivity contribution in [2.45, 2.75) is 13.0 Å². The third-order valence-corrected chi connectivity index (χ3v) is 4.44. The van der Waals surface area contributed by atoms with Crippen molar-refractivity contribution in [2.24, 2.45) is 0 Å². The maximum absolute atomic E-state index is 6.06. The number of nitrogens with zero attached hydrogens (tertiary/aromatic N) is 3. The van der Waals surface area contributed by atoms with Gasteiger partial charge in [0.05, 0.1) is 28.1 Å². The Bertz CT molecular complexity index is 837. The normalized spacial score (nSPS) is 12.2. The molecule has 0 fully saturated rings.